The first-order chi connectivity index (χ1) is 8.01. The van der Waals surface area contributed by atoms with Crippen LogP contribution in [0, 0.1) is 0 Å². The van der Waals surface area contributed by atoms with Crippen molar-refractivity contribution in [1.29, 1.82) is 0 Å². The molecule has 0 unspecified atom stereocenters. The van der Waals surface area contributed by atoms with Crippen LogP contribution in [0.25, 0.3) is 0 Å². The van der Waals surface area contributed by atoms with E-state index < -0.39 is 17.6 Å². The van der Waals surface area contributed by atoms with Crippen LogP contribution in [0.1, 0.15) is 12.0 Å². The zero-order chi connectivity index (χ0) is 12.5. The van der Waals surface area contributed by atoms with Gasteiger partial charge < -0.3 is 4.90 Å². The number of hydrogen-bond donors (Lipinski definition) is 0. The van der Waals surface area contributed by atoms with E-state index in [-0.39, 0.29) is 19.5 Å². The van der Waals surface area contributed by atoms with Gasteiger partial charge in [0.15, 0.2) is 0 Å². The molecule has 1 aliphatic heterocycles. The van der Waals surface area contributed by atoms with Crippen molar-refractivity contribution in [2.24, 2.45) is 0 Å². The van der Waals surface area contributed by atoms with Gasteiger partial charge in [-0.05, 0) is 5.56 Å². The number of piperidine rings is 1. The third kappa shape index (κ3) is 2.18. The number of ketones is 1. The summed E-state index contributed by atoms with van der Waals surface area (Å²) in [6.45, 7) is 0.171. The summed E-state index contributed by atoms with van der Waals surface area (Å²) in [6, 6.07) is 8.85. The predicted molar refractivity (Wildman–Crippen MR) is 56.4 cm³/mol. The highest BCUT2D eigenvalue weighted by Gasteiger charge is 2.52. The van der Waals surface area contributed by atoms with Gasteiger partial charge in [-0.1, -0.05) is 30.3 Å². The van der Waals surface area contributed by atoms with Gasteiger partial charge in [0.1, 0.15) is 0 Å². The second kappa shape index (κ2) is 4.24. The smallest absolute Gasteiger partial charge is 0.332 e. The zero-order valence-corrected chi connectivity index (χ0v) is 9.03. The van der Waals surface area contributed by atoms with Crippen molar-refractivity contribution >= 4 is 11.7 Å². The molecular weight excluding hydrogens is 228 g/mol. The minimum Gasteiger partial charge on any atom is -0.332 e. The number of alkyl halides is 2. The maximum Gasteiger partial charge on any atom is 0.381 e. The number of hydrogen-bond acceptors (Lipinski definition) is 2. The van der Waals surface area contributed by atoms with E-state index in [2.05, 4.69) is 0 Å². The number of Topliss-reactive ketones (excluding diaryl/α,β-unsaturated/α-hetero) is 1. The van der Waals surface area contributed by atoms with Crippen LogP contribution < -0.4 is 0 Å². The molecule has 1 aromatic rings. The minimum absolute atomic E-state index is 0.0577. The highest BCUT2D eigenvalue weighted by atomic mass is 19.3. The van der Waals surface area contributed by atoms with Crippen LogP contribution in [0.5, 0.6) is 0 Å². The average molecular weight is 239 g/mol. The molecule has 5 heteroatoms. The first kappa shape index (κ1) is 11.7. The van der Waals surface area contributed by atoms with E-state index in [1.807, 2.05) is 0 Å². The fourth-order valence-electron chi connectivity index (χ4n) is 1.77. The molecule has 17 heavy (non-hydrogen) atoms. The summed E-state index contributed by atoms with van der Waals surface area (Å²) in [4.78, 5) is 23.4. The number of rotatable bonds is 2. The third-order valence-electron chi connectivity index (χ3n) is 2.73. The summed E-state index contributed by atoms with van der Waals surface area (Å²) >= 11 is 0. The standard InChI is InChI=1S/C12H11F2NO2/c13-12(14)10(16)6-7-15(11(12)17)8-9-4-2-1-3-5-9/h1-5H,6-8H2. The molecule has 0 atom stereocenters. The molecule has 0 bridgehead atoms. The topological polar surface area (TPSA) is 37.4 Å². The molecular formula is C12H11F2NO2. The van der Waals surface area contributed by atoms with Crippen LogP contribution in [-0.4, -0.2) is 29.1 Å². The molecule has 1 heterocycles. The molecule has 3 nitrogen and oxygen atoms in total. The molecule has 1 aromatic carbocycles. The van der Waals surface area contributed by atoms with E-state index in [1.165, 1.54) is 0 Å². The van der Waals surface area contributed by atoms with Gasteiger partial charge in [0.25, 0.3) is 0 Å². The molecule has 1 saturated heterocycles. The fraction of sp³-hybridized carbons (Fsp3) is 0.333. The number of nitrogens with zero attached hydrogens (tertiary/aromatic N) is 1. The number of likely N-dealkylation sites (tertiary alicyclic amines) is 1. The van der Waals surface area contributed by atoms with Crippen molar-refractivity contribution in [3.05, 3.63) is 35.9 Å². The maximum absolute atomic E-state index is 13.2. The number of halogens is 2. The first-order valence-corrected chi connectivity index (χ1v) is 5.26. The van der Waals surface area contributed by atoms with Crippen LogP contribution in [0.4, 0.5) is 8.78 Å². The SMILES string of the molecule is O=C1CCN(Cc2ccccc2)C(=O)C1(F)F. The second-order valence-corrected chi connectivity index (χ2v) is 3.96. The van der Waals surface area contributed by atoms with Crippen molar-refractivity contribution in [1.82, 2.24) is 4.90 Å². The van der Waals surface area contributed by atoms with Crippen LogP contribution in [0.15, 0.2) is 30.3 Å². The molecule has 0 radical (unpaired) electrons. The molecule has 0 spiro atoms. The van der Waals surface area contributed by atoms with E-state index in [9.17, 15) is 18.4 Å². The van der Waals surface area contributed by atoms with E-state index in [0.29, 0.717) is 0 Å². The summed E-state index contributed by atoms with van der Waals surface area (Å²) in [5.74, 6) is -6.53. The van der Waals surface area contributed by atoms with Gasteiger partial charge in [0.2, 0.25) is 5.78 Å². The minimum atomic E-state index is -3.85. The van der Waals surface area contributed by atoms with Gasteiger partial charge in [-0.15, -0.1) is 0 Å². The summed E-state index contributed by atoms with van der Waals surface area (Å²) in [6.07, 6.45) is -0.286. The molecule has 0 saturated carbocycles. The van der Waals surface area contributed by atoms with Crippen molar-refractivity contribution in [3.63, 3.8) is 0 Å². The van der Waals surface area contributed by atoms with E-state index >= 15 is 0 Å². The van der Waals surface area contributed by atoms with Gasteiger partial charge in [-0.25, -0.2) is 0 Å². The van der Waals surface area contributed by atoms with Crippen molar-refractivity contribution in [2.75, 3.05) is 6.54 Å². The van der Waals surface area contributed by atoms with Gasteiger partial charge in [-0.3, -0.25) is 9.59 Å². The molecule has 0 aliphatic carbocycles. The quantitative estimate of drug-likeness (QED) is 0.735. The zero-order valence-electron chi connectivity index (χ0n) is 9.03. The molecule has 1 amide bonds. The number of carbonyl (C=O) groups excluding carboxylic acids is 2. The highest BCUT2D eigenvalue weighted by molar-refractivity contribution is 6.09. The third-order valence-corrected chi connectivity index (χ3v) is 2.73. The van der Waals surface area contributed by atoms with Gasteiger partial charge >= 0.3 is 11.8 Å². The molecule has 0 N–H and O–H groups in total. The van der Waals surface area contributed by atoms with Crippen LogP contribution in [0.2, 0.25) is 0 Å². The van der Waals surface area contributed by atoms with Crippen molar-refractivity contribution < 1.29 is 18.4 Å². The molecule has 2 rings (SSSR count). The Hall–Kier alpha value is -1.78. The Labute approximate surface area is 97.0 Å². The Morgan fingerprint density at radius 2 is 1.82 bits per heavy atom. The Morgan fingerprint density at radius 1 is 1.18 bits per heavy atom. The van der Waals surface area contributed by atoms with Gasteiger partial charge in [0, 0.05) is 19.5 Å². The highest BCUT2D eigenvalue weighted by Crippen LogP contribution is 2.26. The monoisotopic (exact) mass is 239 g/mol. The fourth-order valence-corrected chi connectivity index (χ4v) is 1.77. The van der Waals surface area contributed by atoms with Crippen molar-refractivity contribution in [3.8, 4) is 0 Å². The summed E-state index contributed by atoms with van der Waals surface area (Å²) < 4.78 is 26.4. The average Bonchev–Trinajstić information content (AvgIpc) is 2.32. The summed E-state index contributed by atoms with van der Waals surface area (Å²) in [5, 5.41) is 0. The lowest BCUT2D eigenvalue weighted by molar-refractivity contribution is -0.172. The lowest BCUT2D eigenvalue weighted by Gasteiger charge is -2.30. The van der Waals surface area contributed by atoms with Gasteiger partial charge in [-0.2, -0.15) is 8.78 Å². The summed E-state index contributed by atoms with van der Waals surface area (Å²) in [5.41, 5.74) is 0.769. The van der Waals surface area contributed by atoms with Crippen molar-refractivity contribution in [2.45, 2.75) is 18.9 Å². The number of carbonyl (C=O) groups is 2. The normalized spacial score (nSPS) is 19.5. The number of benzene rings is 1. The van der Waals surface area contributed by atoms with Crippen LogP contribution in [0.3, 0.4) is 0 Å². The van der Waals surface area contributed by atoms with Crippen LogP contribution in [-0.2, 0) is 16.1 Å². The summed E-state index contributed by atoms with van der Waals surface area (Å²) in [7, 11) is 0. The molecule has 0 aromatic heterocycles. The lowest BCUT2D eigenvalue weighted by Crippen LogP contribution is -2.53. The Balaban J connectivity index is 2.13. The Bertz CT molecular complexity index is 445. The van der Waals surface area contributed by atoms with Gasteiger partial charge in [0.05, 0.1) is 0 Å². The van der Waals surface area contributed by atoms with E-state index in [0.717, 1.165) is 10.5 Å². The Kier molecular flexibility index (Phi) is 2.92. The maximum atomic E-state index is 13.2. The van der Waals surface area contributed by atoms with Crippen LogP contribution >= 0.6 is 0 Å². The largest absolute Gasteiger partial charge is 0.381 e. The Morgan fingerprint density at radius 3 is 2.47 bits per heavy atom. The first-order valence-electron chi connectivity index (χ1n) is 5.26. The number of amides is 1. The van der Waals surface area contributed by atoms with E-state index in [4.69, 9.17) is 0 Å². The predicted octanol–water partition coefficient (Wildman–Crippen LogP) is 1.62. The molecule has 1 aliphatic rings. The molecule has 90 valence electrons. The lowest BCUT2D eigenvalue weighted by atomic mass is 10.0. The van der Waals surface area contributed by atoms with E-state index in [1.54, 1.807) is 30.3 Å². The molecule has 1 fully saturated rings. The second-order valence-electron chi connectivity index (χ2n) is 3.96.